The number of nitrogens with two attached hydrogens (primary N) is 1. The first-order chi connectivity index (χ1) is 5.96. The highest BCUT2D eigenvalue weighted by atomic mass is 32.1. The molecular weight excluding hydrogens is 184 g/mol. The standard InChI is InChI=1S/C9H14N2OS/c1-6(7-4-13-5-11-7)9(2,3)8(10)12/h4-6H,1-3H3,(H2,10,12). The molecule has 0 saturated heterocycles. The summed E-state index contributed by atoms with van der Waals surface area (Å²) < 4.78 is 0. The molecule has 3 nitrogen and oxygen atoms in total. The summed E-state index contributed by atoms with van der Waals surface area (Å²) in [5.74, 6) is -0.218. The van der Waals surface area contributed by atoms with Crippen LogP contribution in [-0.2, 0) is 4.79 Å². The lowest BCUT2D eigenvalue weighted by atomic mass is 9.78. The molecule has 0 aliphatic carbocycles. The van der Waals surface area contributed by atoms with Gasteiger partial charge in [0.05, 0.1) is 16.6 Å². The van der Waals surface area contributed by atoms with Crippen LogP contribution >= 0.6 is 11.3 Å². The number of rotatable bonds is 3. The average Bonchev–Trinajstić information content (AvgIpc) is 2.54. The summed E-state index contributed by atoms with van der Waals surface area (Å²) >= 11 is 1.53. The lowest BCUT2D eigenvalue weighted by Gasteiger charge is -2.26. The van der Waals surface area contributed by atoms with Crippen LogP contribution in [0, 0.1) is 5.41 Å². The number of carbonyl (C=O) groups excluding carboxylic acids is 1. The molecular formula is C9H14N2OS. The minimum absolute atomic E-state index is 0.0660. The van der Waals surface area contributed by atoms with Gasteiger partial charge in [-0.05, 0) is 0 Å². The second-order valence-electron chi connectivity index (χ2n) is 3.72. The van der Waals surface area contributed by atoms with Crippen molar-refractivity contribution in [3.05, 3.63) is 16.6 Å². The minimum atomic E-state index is -0.534. The fourth-order valence-corrected chi connectivity index (χ4v) is 1.67. The second-order valence-corrected chi connectivity index (χ2v) is 4.44. The maximum absolute atomic E-state index is 11.2. The third-order valence-electron chi connectivity index (χ3n) is 2.61. The molecule has 1 amide bonds. The Bertz CT molecular complexity index is 293. The zero-order chi connectivity index (χ0) is 10.1. The number of thiazole rings is 1. The quantitative estimate of drug-likeness (QED) is 0.804. The SMILES string of the molecule is CC(c1cscn1)C(C)(C)C(N)=O. The van der Waals surface area contributed by atoms with Gasteiger partial charge in [-0.15, -0.1) is 11.3 Å². The molecule has 0 aliphatic heterocycles. The molecule has 0 saturated carbocycles. The van der Waals surface area contributed by atoms with Crippen LogP contribution in [0.15, 0.2) is 10.9 Å². The van der Waals surface area contributed by atoms with Crippen LogP contribution in [-0.4, -0.2) is 10.9 Å². The van der Waals surface area contributed by atoms with Crippen LogP contribution in [0.4, 0.5) is 0 Å². The van der Waals surface area contributed by atoms with Crippen molar-refractivity contribution < 1.29 is 4.79 Å². The van der Waals surface area contributed by atoms with Crippen LogP contribution in [0.3, 0.4) is 0 Å². The van der Waals surface area contributed by atoms with E-state index in [1.165, 1.54) is 11.3 Å². The molecule has 0 radical (unpaired) electrons. The van der Waals surface area contributed by atoms with E-state index in [1.54, 1.807) is 5.51 Å². The number of hydrogen-bond donors (Lipinski definition) is 1. The molecule has 0 spiro atoms. The van der Waals surface area contributed by atoms with Crippen LogP contribution in [0.25, 0.3) is 0 Å². The van der Waals surface area contributed by atoms with Crippen LogP contribution < -0.4 is 5.73 Å². The first kappa shape index (κ1) is 10.2. The van der Waals surface area contributed by atoms with Crippen LogP contribution in [0.1, 0.15) is 32.4 Å². The monoisotopic (exact) mass is 198 g/mol. The van der Waals surface area contributed by atoms with E-state index in [2.05, 4.69) is 4.98 Å². The first-order valence-electron chi connectivity index (χ1n) is 4.14. The van der Waals surface area contributed by atoms with Gasteiger partial charge in [-0.3, -0.25) is 4.79 Å². The molecule has 0 aliphatic rings. The molecule has 0 aromatic carbocycles. The minimum Gasteiger partial charge on any atom is -0.369 e. The Morgan fingerprint density at radius 3 is 2.69 bits per heavy atom. The molecule has 1 heterocycles. The number of primary amides is 1. The van der Waals surface area contributed by atoms with Crippen molar-refractivity contribution >= 4 is 17.2 Å². The van der Waals surface area contributed by atoms with Crippen molar-refractivity contribution in [2.24, 2.45) is 11.1 Å². The molecule has 0 bridgehead atoms. The largest absolute Gasteiger partial charge is 0.369 e. The van der Waals surface area contributed by atoms with Gasteiger partial charge >= 0.3 is 0 Å². The van der Waals surface area contributed by atoms with Gasteiger partial charge in [0.2, 0.25) is 5.91 Å². The van der Waals surface area contributed by atoms with Gasteiger partial charge in [-0.1, -0.05) is 20.8 Å². The van der Waals surface area contributed by atoms with Crippen molar-refractivity contribution in [2.75, 3.05) is 0 Å². The Balaban J connectivity index is 2.90. The van der Waals surface area contributed by atoms with Crippen molar-refractivity contribution in [3.63, 3.8) is 0 Å². The van der Waals surface area contributed by atoms with Gasteiger partial charge < -0.3 is 5.73 Å². The fraction of sp³-hybridized carbons (Fsp3) is 0.556. The highest BCUT2D eigenvalue weighted by Gasteiger charge is 2.33. The molecule has 1 atom stereocenters. The Morgan fingerprint density at radius 1 is 1.69 bits per heavy atom. The zero-order valence-corrected chi connectivity index (χ0v) is 8.89. The second kappa shape index (κ2) is 3.46. The topological polar surface area (TPSA) is 56.0 Å². The molecule has 1 aromatic heterocycles. The van der Waals surface area contributed by atoms with E-state index in [9.17, 15) is 4.79 Å². The number of carbonyl (C=O) groups is 1. The van der Waals surface area contributed by atoms with Gasteiger partial charge in [0.1, 0.15) is 0 Å². The summed E-state index contributed by atoms with van der Waals surface area (Å²) in [6, 6.07) is 0. The summed E-state index contributed by atoms with van der Waals surface area (Å²) in [7, 11) is 0. The molecule has 2 N–H and O–H groups in total. The smallest absolute Gasteiger partial charge is 0.223 e. The molecule has 72 valence electrons. The van der Waals surface area contributed by atoms with Gasteiger partial charge in [0, 0.05) is 11.3 Å². The van der Waals surface area contributed by atoms with E-state index in [4.69, 9.17) is 5.73 Å². The van der Waals surface area contributed by atoms with E-state index in [0.717, 1.165) is 5.69 Å². The van der Waals surface area contributed by atoms with Gasteiger partial charge in [-0.25, -0.2) is 4.98 Å². The Morgan fingerprint density at radius 2 is 2.31 bits per heavy atom. The third kappa shape index (κ3) is 1.88. The molecule has 1 rings (SSSR count). The van der Waals surface area contributed by atoms with Gasteiger partial charge in [0.15, 0.2) is 0 Å². The molecule has 1 aromatic rings. The highest BCUT2D eigenvalue weighted by molar-refractivity contribution is 7.07. The molecule has 13 heavy (non-hydrogen) atoms. The molecule has 0 fully saturated rings. The van der Waals surface area contributed by atoms with Gasteiger partial charge in [0.25, 0.3) is 0 Å². The highest BCUT2D eigenvalue weighted by Crippen LogP contribution is 2.34. The van der Waals surface area contributed by atoms with Crippen molar-refractivity contribution in [1.29, 1.82) is 0 Å². The zero-order valence-electron chi connectivity index (χ0n) is 8.07. The normalized spacial score (nSPS) is 14.1. The number of nitrogens with zero attached hydrogens (tertiary/aromatic N) is 1. The predicted molar refractivity (Wildman–Crippen MR) is 53.5 cm³/mol. The summed E-state index contributed by atoms with van der Waals surface area (Å²) in [6.45, 7) is 5.67. The van der Waals surface area contributed by atoms with Gasteiger partial charge in [-0.2, -0.15) is 0 Å². The predicted octanol–water partition coefficient (Wildman–Crippen LogP) is 1.76. The molecule has 1 unspecified atom stereocenters. The summed E-state index contributed by atoms with van der Waals surface area (Å²) in [4.78, 5) is 15.3. The number of hydrogen-bond acceptors (Lipinski definition) is 3. The Labute approximate surface area is 82.0 Å². The van der Waals surface area contributed by atoms with E-state index in [1.807, 2.05) is 26.2 Å². The van der Waals surface area contributed by atoms with Crippen molar-refractivity contribution in [1.82, 2.24) is 4.98 Å². The summed E-state index contributed by atoms with van der Waals surface area (Å²) in [6.07, 6.45) is 0. The Hall–Kier alpha value is -0.900. The van der Waals surface area contributed by atoms with Crippen molar-refractivity contribution in [2.45, 2.75) is 26.7 Å². The van der Waals surface area contributed by atoms with E-state index >= 15 is 0 Å². The Kier molecular flexibility index (Phi) is 2.71. The van der Waals surface area contributed by atoms with Crippen molar-refractivity contribution in [3.8, 4) is 0 Å². The third-order valence-corrected chi connectivity index (χ3v) is 3.22. The van der Waals surface area contributed by atoms with E-state index in [-0.39, 0.29) is 11.8 Å². The fourth-order valence-electron chi connectivity index (χ4n) is 1.02. The number of amides is 1. The van der Waals surface area contributed by atoms with Crippen LogP contribution in [0.5, 0.6) is 0 Å². The summed E-state index contributed by atoms with van der Waals surface area (Å²) in [5, 5.41) is 1.95. The lowest BCUT2D eigenvalue weighted by molar-refractivity contribution is -0.126. The maximum Gasteiger partial charge on any atom is 0.223 e. The molecule has 4 heteroatoms. The number of aromatic nitrogens is 1. The summed E-state index contributed by atoms with van der Waals surface area (Å²) in [5.41, 5.74) is 7.49. The average molecular weight is 198 g/mol. The lowest BCUT2D eigenvalue weighted by Crippen LogP contribution is -2.36. The van der Waals surface area contributed by atoms with E-state index < -0.39 is 5.41 Å². The van der Waals surface area contributed by atoms with E-state index in [0.29, 0.717) is 0 Å². The maximum atomic E-state index is 11.2. The van der Waals surface area contributed by atoms with Crippen LogP contribution in [0.2, 0.25) is 0 Å². The first-order valence-corrected chi connectivity index (χ1v) is 5.08.